The quantitative estimate of drug-likeness (QED) is 0.915. The van der Waals surface area contributed by atoms with Crippen LogP contribution < -0.4 is 5.32 Å². The number of hydrogen-bond acceptors (Lipinski definition) is 4. The average molecular weight is 259 g/mol. The predicted octanol–water partition coefficient (Wildman–Crippen LogP) is 3.21. The van der Waals surface area contributed by atoms with Crippen LogP contribution in [0.4, 0.5) is 6.01 Å². The maximum atomic E-state index is 11.2. The second-order valence-electron chi connectivity index (χ2n) is 4.59. The molecule has 1 heterocycles. The minimum Gasteiger partial charge on any atom is -0.403 e. The van der Waals surface area contributed by atoms with Crippen molar-refractivity contribution in [3.05, 3.63) is 29.8 Å². The van der Waals surface area contributed by atoms with Crippen molar-refractivity contribution in [2.24, 2.45) is 0 Å². The van der Waals surface area contributed by atoms with Crippen LogP contribution in [0.1, 0.15) is 38.7 Å². The summed E-state index contributed by atoms with van der Waals surface area (Å²) in [6.07, 6.45) is 0.376. The maximum Gasteiger partial charge on any atom is 0.322 e. The van der Waals surface area contributed by atoms with Crippen LogP contribution in [-0.4, -0.2) is 16.1 Å². The molecule has 0 radical (unpaired) electrons. The fourth-order valence-corrected chi connectivity index (χ4v) is 1.61. The number of aromatic nitrogens is 2. The van der Waals surface area contributed by atoms with Gasteiger partial charge < -0.3 is 4.42 Å². The molecule has 0 saturated heterocycles. The molecular formula is C14H17N3O2. The highest BCUT2D eigenvalue weighted by Crippen LogP contribution is 2.22. The Bertz CT molecular complexity index is 558. The van der Waals surface area contributed by atoms with Gasteiger partial charge in [-0.05, 0) is 23.6 Å². The summed E-state index contributed by atoms with van der Waals surface area (Å²) >= 11 is 0. The molecule has 1 aromatic carbocycles. The lowest BCUT2D eigenvalue weighted by Gasteiger charge is -2.04. The molecule has 0 saturated carbocycles. The molecule has 1 amide bonds. The van der Waals surface area contributed by atoms with Crippen molar-refractivity contribution >= 4 is 11.9 Å². The molecule has 0 aliphatic rings. The van der Waals surface area contributed by atoms with Crippen molar-refractivity contribution in [3.63, 3.8) is 0 Å². The van der Waals surface area contributed by atoms with Gasteiger partial charge in [0.1, 0.15) is 0 Å². The molecule has 2 aromatic rings. The number of carbonyl (C=O) groups is 1. The summed E-state index contributed by atoms with van der Waals surface area (Å²) in [5.74, 6) is 0.739. The van der Waals surface area contributed by atoms with E-state index in [4.69, 9.17) is 4.42 Å². The van der Waals surface area contributed by atoms with Crippen LogP contribution in [-0.2, 0) is 4.79 Å². The van der Waals surface area contributed by atoms with Gasteiger partial charge in [0.05, 0.1) is 0 Å². The van der Waals surface area contributed by atoms with Crippen molar-refractivity contribution in [3.8, 4) is 11.5 Å². The van der Waals surface area contributed by atoms with Crippen molar-refractivity contribution in [1.29, 1.82) is 0 Å². The van der Waals surface area contributed by atoms with Gasteiger partial charge >= 0.3 is 6.01 Å². The third-order valence-corrected chi connectivity index (χ3v) is 2.82. The Kier molecular flexibility index (Phi) is 3.94. The minimum atomic E-state index is -0.148. The Morgan fingerprint density at radius 2 is 1.95 bits per heavy atom. The summed E-state index contributed by atoms with van der Waals surface area (Å²) in [5.41, 5.74) is 2.09. The van der Waals surface area contributed by atoms with E-state index in [0.29, 0.717) is 18.2 Å². The average Bonchev–Trinajstić information content (AvgIpc) is 2.87. The highest BCUT2D eigenvalue weighted by molar-refractivity contribution is 5.88. The Hall–Kier alpha value is -2.17. The third-order valence-electron chi connectivity index (χ3n) is 2.82. The zero-order valence-electron chi connectivity index (χ0n) is 11.3. The first-order chi connectivity index (χ1) is 9.10. The van der Waals surface area contributed by atoms with E-state index in [1.807, 2.05) is 24.3 Å². The molecule has 1 aromatic heterocycles. The smallest absolute Gasteiger partial charge is 0.322 e. The molecule has 100 valence electrons. The van der Waals surface area contributed by atoms with Crippen LogP contribution in [0.25, 0.3) is 11.5 Å². The molecule has 0 fully saturated rings. The van der Waals surface area contributed by atoms with E-state index in [2.05, 4.69) is 29.4 Å². The van der Waals surface area contributed by atoms with E-state index in [9.17, 15) is 4.79 Å². The monoisotopic (exact) mass is 259 g/mol. The summed E-state index contributed by atoms with van der Waals surface area (Å²) in [6, 6.07) is 8.08. The third kappa shape index (κ3) is 3.19. The van der Waals surface area contributed by atoms with Crippen LogP contribution in [0.15, 0.2) is 28.7 Å². The van der Waals surface area contributed by atoms with Crippen LogP contribution in [0.3, 0.4) is 0 Å². The minimum absolute atomic E-state index is 0.134. The maximum absolute atomic E-state index is 11.2. The number of carbonyl (C=O) groups excluding carboxylic acids is 1. The summed E-state index contributed by atoms with van der Waals surface area (Å²) in [4.78, 5) is 11.2. The van der Waals surface area contributed by atoms with Gasteiger partial charge in [0.15, 0.2) is 0 Å². The zero-order chi connectivity index (χ0) is 13.8. The number of nitrogens with zero attached hydrogens (tertiary/aromatic N) is 2. The fraction of sp³-hybridized carbons (Fsp3) is 0.357. The number of hydrogen-bond donors (Lipinski definition) is 1. The molecule has 2 rings (SSSR count). The van der Waals surface area contributed by atoms with Crippen LogP contribution >= 0.6 is 0 Å². The van der Waals surface area contributed by atoms with Gasteiger partial charge in [0.2, 0.25) is 11.8 Å². The van der Waals surface area contributed by atoms with Gasteiger partial charge in [-0.2, -0.15) is 0 Å². The molecule has 0 bridgehead atoms. The van der Waals surface area contributed by atoms with Crippen LogP contribution in [0, 0.1) is 0 Å². The number of rotatable bonds is 4. The Morgan fingerprint density at radius 1 is 1.26 bits per heavy atom. The molecule has 0 aliphatic carbocycles. The van der Waals surface area contributed by atoms with Crippen LogP contribution in [0.2, 0.25) is 0 Å². The van der Waals surface area contributed by atoms with E-state index in [1.165, 1.54) is 5.56 Å². The van der Waals surface area contributed by atoms with Gasteiger partial charge in [-0.3, -0.25) is 10.1 Å². The van der Waals surface area contributed by atoms with E-state index in [0.717, 1.165) is 5.56 Å². The van der Waals surface area contributed by atoms with Crippen LogP contribution in [0.5, 0.6) is 0 Å². The molecular weight excluding hydrogens is 242 g/mol. The normalized spacial score (nSPS) is 10.7. The van der Waals surface area contributed by atoms with Gasteiger partial charge in [-0.25, -0.2) is 0 Å². The Labute approximate surface area is 112 Å². The molecule has 19 heavy (non-hydrogen) atoms. The van der Waals surface area contributed by atoms with Crippen molar-refractivity contribution in [2.75, 3.05) is 5.32 Å². The summed E-state index contributed by atoms with van der Waals surface area (Å²) < 4.78 is 5.39. The molecule has 5 heteroatoms. The van der Waals surface area contributed by atoms with E-state index in [1.54, 1.807) is 6.92 Å². The largest absolute Gasteiger partial charge is 0.403 e. The van der Waals surface area contributed by atoms with Gasteiger partial charge in [-0.1, -0.05) is 38.0 Å². The zero-order valence-corrected chi connectivity index (χ0v) is 11.3. The molecule has 0 spiro atoms. The van der Waals surface area contributed by atoms with Gasteiger partial charge in [0, 0.05) is 12.0 Å². The lowest BCUT2D eigenvalue weighted by Crippen LogP contribution is -2.09. The van der Waals surface area contributed by atoms with Crippen molar-refractivity contribution in [1.82, 2.24) is 10.2 Å². The number of anilines is 1. The molecule has 0 aliphatic heterocycles. The van der Waals surface area contributed by atoms with Crippen molar-refractivity contribution in [2.45, 2.75) is 33.1 Å². The second kappa shape index (κ2) is 5.65. The number of benzene rings is 1. The standard InChI is InChI=1S/C14H17N3O2/c1-4-12(18)15-14-17-16-13(19-14)11-7-5-10(6-8-11)9(2)3/h5-9H,4H2,1-3H3,(H,15,17,18). The van der Waals surface area contributed by atoms with Gasteiger partial charge in [0.25, 0.3) is 0 Å². The first-order valence-corrected chi connectivity index (χ1v) is 6.33. The highest BCUT2D eigenvalue weighted by Gasteiger charge is 2.10. The molecule has 0 atom stereocenters. The summed E-state index contributed by atoms with van der Waals surface area (Å²) in [6.45, 7) is 6.04. The van der Waals surface area contributed by atoms with E-state index < -0.39 is 0 Å². The molecule has 0 unspecified atom stereocenters. The summed E-state index contributed by atoms with van der Waals surface area (Å²) in [5, 5.41) is 10.2. The second-order valence-corrected chi connectivity index (χ2v) is 4.59. The SMILES string of the molecule is CCC(=O)Nc1nnc(-c2ccc(C(C)C)cc2)o1. The van der Waals surface area contributed by atoms with E-state index in [-0.39, 0.29) is 11.9 Å². The first-order valence-electron chi connectivity index (χ1n) is 6.33. The lowest BCUT2D eigenvalue weighted by molar-refractivity contribution is -0.116. The highest BCUT2D eigenvalue weighted by atomic mass is 16.4. The summed E-state index contributed by atoms with van der Waals surface area (Å²) in [7, 11) is 0. The topological polar surface area (TPSA) is 68.0 Å². The van der Waals surface area contributed by atoms with E-state index >= 15 is 0 Å². The fourth-order valence-electron chi connectivity index (χ4n) is 1.61. The van der Waals surface area contributed by atoms with Gasteiger partial charge in [-0.15, -0.1) is 5.10 Å². The Morgan fingerprint density at radius 3 is 2.53 bits per heavy atom. The number of nitrogens with one attached hydrogen (secondary N) is 1. The van der Waals surface area contributed by atoms with Crippen molar-refractivity contribution < 1.29 is 9.21 Å². The molecule has 5 nitrogen and oxygen atoms in total. The lowest BCUT2D eigenvalue weighted by atomic mass is 10.0. The predicted molar refractivity (Wildman–Crippen MR) is 72.7 cm³/mol. The molecule has 1 N–H and O–H groups in total. The Balaban J connectivity index is 2.16. The first kappa shape index (κ1) is 13.3. The number of amides is 1.